The van der Waals surface area contributed by atoms with Crippen LogP contribution < -0.4 is 10.4 Å². The number of sulfone groups is 1. The molecule has 1 heterocycles. The topological polar surface area (TPSA) is 70.3 Å². The normalized spacial score (nSPS) is 11.5. The summed E-state index contributed by atoms with van der Waals surface area (Å²) in [5, 5.41) is 0. The van der Waals surface area contributed by atoms with Gasteiger partial charge in [0.05, 0.1) is 23.4 Å². The molecule has 0 radical (unpaired) electrons. The Morgan fingerprint density at radius 3 is 2.08 bits per heavy atom. The van der Waals surface area contributed by atoms with E-state index in [9.17, 15) is 13.2 Å². The average Bonchev–Trinajstić information content (AvgIpc) is 2.89. The van der Waals surface area contributed by atoms with Crippen LogP contribution in [0, 0.1) is 0 Å². The van der Waals surface area contributed by atoms with Gasteiger partial charge in [0.1, 0.15) is 5.75 Å². The molecule has 0 amide bonds. The minimum absolute atomic E-state index is 0.188. The van der Waals surface area contributed by atoms with E-state index in [0.717, 1.165) is 11.8 Å². The van der Waals surface area contributed by atoms with Crippen molar-refractivity contribution in [3.63, 3.8) is 0 Å². The highest BCUT2D eigenvalue weighted by Crippen LogP contribution is 2.24. The fourth-order valence-electron chi connectivity index (χ4n) is 2.61. The van der Waals surface area contributed by atoms with Crippen LogP contribution in [-0.4, -0.2) is 30.9 Å². The predicted octanol–water partition coefficient (Wildman–Crippen LogP) is 2.26. The molecule has 0 aliphatic carbocycles. The number of nitrogens with zero attached hydrogens (tertiary/aromatic N) is 2. The van der Waals surface area contributed by atoms with Crippen LogP contribution in [0.3, 0.4) is 0 Å². The summed E-state index contributed by atoms with van der Waals surface area (Å²) in [6.07, 6.45) is 2.89. The Hall–Kier alpha value is -2.80. The van der Waals surface area contributed by atoms with Crippen molar-refractivity contribution in [1.82, 2.24) is 9.13 Å². The van der Waals surface area contributed by atoms with E-state index in [-0.39, 0.29) is 10.6 Å². The highest BCUT2D eigenvalue weighted by atomic mass is 32.2. The molecule has 7 heteroatoms. The van der Waals surface area contributed by atoms with Crippen molar-refractivity contribution in [3.05, 3.63) is 65.2 Å². The number of methoxy groups -OCH3 is 1. The molecule has 3 aromatic rings. The third kappa shape index (κ3) is 3.23. The van der Waals surface area contributed by atoms with E-state index in [4.69, 9.17) is 4.74 Å². The molecular weight excluding hydrogens is 340 g/mol. The van der Waals surface area contributed by atoms with Crippen LogP contribution in [0.2, 0.25) is 0 Å². The second-order valence-electron chi connectivity index (χ2n) is 5.74. The summed E-state index contributed by atoms with van der Waals surface area (Å²) in [5.74, 6) is 0.701. The van der Waals surface area contributed by atoms with E-state index < -0.39 is 9.84 Å². The second-order valence-corrected chi connectivity index (χ2v) is 7.75. The molecule has 0 aliphatic heterocycles. The molecule has 0 saturated heterocycles. The lowest BCUT2D eigenvalue weighted by Crippen LogP contribution is -2.21. The molecule has 0 fully saturated rings. The summed E-state index contributed by atoms with van der Waals surface area (Å²) in [7, 11) is -0.00323. The molecule has 1 aromatic heterocycles. The molecule has 2 aromatic carbocycles. The zero-order valence-electron chi connectivity index (χ0n) is 14.1. The molecular formula is C18H18N2O4S. The standard InChI is InChI=1S/C18H18N2O4S/c1-19-12-17(13-4-10-16(11-5-13)25(3,22)23)20(18(19)21)14-6-8-15(24-2)9-7-14/h4-12H,1-3H3. The Morgan fingerprint density at radius 1 is 0.960 bits per heavy atom. The third-order valence-electron chi connectivity index (χ3n) is 3.96. The van der Waals surface area contributed by atoms with Crippen LogP contribution in [0.15, 0.2) is 64.4 Å². The summed E-state index contributed by atoms with van der Waals surface area (Å²) in [6, 6.07) is 13.6. The van der Waals surface area contributed by atoms with E-state index >= 15 is 0 Å². The number of hydrogen-bond acceptors (Lipinski definition) is 4. The molecule has 25 heavy (non-hydrogen) atoms. The Kier molecular flexibility index (Phi) is 4.26. The lowest BCUT2D eigenvalue weighted by atomic mass is 10.1. The van der Waals surface area contributed by atoms with Gasteiger partial charge in [-0.15, -0.1) is 0 Å². The minimum Gasteiger partial charge on any atom is -0.497 e. The number of rotatable bonds is 4. The van der Waals surface area contributed by atoms with Crippen LogP contribution in [-0.2, 0) is 16.9 Å². The van der Waals surface area contributed by atoms with Gasteiger partial charge in [0, 0.05) is 25.1 Å². The molecule has 0 bridgehead atoms. The van der Waals surface area contributed by atoms with E-state index in [1.54, 1.807) is 73.5 Å². The second kappa shape index (κ2) is 6.25. The first-order valence-electron chi connectivity index (χ1n) is 7.54. The number of ether oxygens (including phenoxy) is 1. The van der Waals surface area contributed by atoms with Crippen molar-refractivity contribution < 1.29 is 13.2 Å². The van der Waals surface area contributed by atoms with Crippen molar-refractivity contribution >= 4 is 9.84 Å². The molecule has 0 unspecified atom stereocenters. The largest absolute Gasteiger partial charge is 0.497 e. The highest BCUT2D eigenvalue weighted by molar-refractivity contribution is 7.90. The lowest BCUT2D eigenvalue weighted by molar-refractivity contribution is 0.414. The van der Waals surface area contributed by atoms with Gasteiger partial charge in [-0.1, -0.05) is 12.1 Å². The van der Waals surface area contributed by atoms with Crippen molar-refractivity contribution in [2.75, 3.05) is 13.4 Å². The maximum absolute atomic E-state index is 12.5. The predicted molar refractivity (Wildman–Crippen MR) is 96.1 cm³/mol. The van der Waals surface area contributed by atoms with Gasteiger partial charge >= 0.3 is 5.69 Å². The van der Waals surface area contributed by atoms with Gasteiger partial charge in [-0.3, -0.25) is 4.57 Å². The number of benzene rings is 2. The average molecular weight is 358 g/mol. The van der Waals surface area contributed by atoms with Gasteiger partial charge < -0.3 is 9.30 Å². The SMILES string of the molecule is COc1ccc(-n2c(-c3ccc(S(C)(=O)=O)cc3)cn(C)c2=O)cc1. The van der Waals surface area contributed by atoms with Gasteiger partial charge in [-0.2, -0.15) is 0 Å². The van der Waals surface area contributed by atoms with Crippen LogP contribution >= 0.6 is 0 Å². The Balaban J connectivity index is 2.14. The van der Waals surface area contributed by atoms with Gasteiger partial charge in [-0.25, -0.2) is 13.2 Å². The smallest absolute Gasteiger partial charge is 0.332 e. The maximum atomic E-state index is 12.5. The van der Waals surface area contributed by atoms with Crippen molar-refractivity contribution in [2.24, 2.45) is 7.05 Å². The summed E-state index contributed by atoms with van der Waals surface area (Å²) < 4.78 is 31.5. The van der Waals surface area contributed by atoms with Gasteiger partial charge in [0.15, 0.2) is 9.84 Å². The Morgan fingerprint density at radius 2 is 1.56 bits per heavy atom. The summed E-state index contributed by atoms with van der Waals surface area (Å²) in [6.45, 7) is 0. The molecule has 0 spiro atoms. The summed E-state index contributed by atoms with van der Waals surface area (Å²) >= 11 is 0. The van der Waals surface area contributed by atoms with Gasteiger partial charge in [-0.05, 0) is 36.4 Å². The van der Waals surface area contributed by atoms with E-state index in [1.807, 2.05) is 0 Å². The molecule has 6 nitrogen and oxygen atoms in total. The number of imidazole rings is 1. The molecule has 0 saturated carbocycles. The van der Waals surface area contributed by atoms with E-state index in [1.165, 1.54) is 4.57 Å². The number of hydrogen-bond donors (Lipinski definition) is 0. The van der Waals surface area contributed by atoms with E-state index in [0.29, 0.717) is 17.1 Å². The van der Waals surface area contributed by atoms with Crippen LogP contribution in [0.4, 0.5) is 0 Å². The number of aromatic nitrogens is 2. The van der Waals surface area contributed by atoms with Crippen LogP contribution in [0.1, 0.15) is 0 Å². The van der Waals surface area contributed by atoms with Gasteiger partial charge in [0.2, 0.25) is 0 Å². The molecule has 0 atom stereocenters. The van der Waals surface area contributed by atoms with Crippen LogP contribution in [0.5, 0.6) is 5.75 Å². The Labute approximate surface area is 145 Å². The molecule has 3 rings (SSSR count). The van der Waals surface area contributed by atoms with Crippen molar-refractivity contribution in [2.45, 2.75) is 4.90 Å². The molecule has 130 valence electrons. The Bertz CT molecular complexity index is 1060. The quantitative estimate of drug-likeness (QED) is 0.717. The van der Waals surface area contributed by atoms with E-state index in [2.05, 4.69) is 0 Å². The monoisotopic (exact) mass is 358 g/mol. The number of aryl methyl sites for hydroxylation is 1. The maximum Gasteiger partial charge on any atom is 0.332 e. The molecule has 0 aliphatic rings. The zero-order valence-corrected chi connectivity index (χ0v) is 14.9. The lowest BCUT2D eigenvalue weighted by Gasteiger charge is -2.09. The third-order valence-corrected chi connectivity index (χ3v) is 5.09. The first-order chi connectivity index (χ1) is 11.8. The fraction of sp³-hybridized carbons (Fsp3) is 0.167. The zero-order chi connectivity index (χ0) is 18.2. The first-order valence-corrected chi connectivity index (χ1v) is 9.43. The highest BCUT2D eigenvalue weighted by Gasteiger charge is 2.14. The fourth-order valence-corrected chi connectivity index (χ4v) is 3.24. The summed E-state index contributed by atoms with van der Waals surface area (Å²) in [5.41, 5.74) is 1.94. The molecule has 0 N–H and O–H groups in total. The van der Waals surface area contributed by atoms with Crippen LogP contribution in [0.25, 0.3) is 16.9 Å². The summed E-state index contributed by atoms with van der Waals surface area (Å²) in [4.78, 5) is 12.8. The van der Waals surface area contributed by atoms with Crippen molar-refractivity contribution in [1.29, 1.82) is 0 Å². The van der Waals surface area contributed by atoms with Crippen molar-refractivity contribution in [3.8, 4) is 22.7 Å². The van der Waals surface area contributed by atoms with Gasteiger partial charge in [0.25, 0.3) is 0 Å². The minimum atomic E-state index is -3.26. The first kappa shape index (κ1) is 17.0.